The number of aromatic amines is 2. The van der Waals surface area contributed by atoms with Crippen molar-refractivity contribution in [2.75, 3.05) is 14.2 Å². The number of phenols is 1. The third kappa shape index (κ3) is 26.9. The van der Waals surface area contributed by atoms with E-state index in [4.69, 9.17) is 146 Å². The highest BCUT2D eigenvalue weighted by Gasteiger charge is 2.17. The first-order chi connectivity index (χ1) is 48.5. The smallest absolute Gasteiger partial charge is 0.354 e. The number of carbonyl (C=O) groups is 4. The Morgan fingerprint density at radius 3 is 1.37 bits per heavy atom. The number of nitrogens with zero attached hydrogens (tertiary/aromatic N) is 3. The number of hydrogen-bond acceptors (Lipinski definition) is 12. The first kappa shape index (κ1) is 89.8. The molecule has 27 heteroatoms. The van der Waals surface area contributed by atoms with Gasteiger partial charge in [0.1, 0.15) is 57.5 Å². The fraction of sp³-hybridized carbons (Fsp3) is 0.103. The van der Waals surface area contributed by atoms with Crippen LogP contribution in [0.4, 0.5) is 4.39 Å². The summed E-state index contributed by atoms with van der Waals surface area (Å²) in [6, 6.07) is 59.8. The molecule has 0 aliphatic rings. The van der Waals surface area contributed by atoms with Crippen LogP contribution in [0.15, 0.2) is 223 Å². The average Bonchev–Trinajstić information content (AvgIpc) is 1.64. The topological polar surface area (TPSA) is 235 Å². The van der Waals surface area contributed by atoms with E-state index in [-0.39, 0.29) is 53.3 Å². The standard InChI is InChI=1S/C17H13Cl2N3O2.C16H11Cl2NO3.C15H11Cl2NO2.C13H8Cl2O2.C7H4ClFO.C6H5ClO.4CH4/c1-24-17(23)16(21-22-20)10-11-6-7-14(18)9-13(11)8-12-4-2-3-5-15(12)19;1-21-16(20)13-8-10-12(19-13)6-9(17)7-15(10)22-14-5-3-2-4-11(14)18;16-9-5-13-11(7-10(8-19)18-13)15(6-9)20-14-4-2-1-3-12(14)17;14-10-6-5-9(8-16)13(7-10)17-12-4-2-1-3-11(12)15;8-6-2-1-5(4-10)7(9)3-6;7-5-3-1-2-4-6(5)8;;;;/h2-7,9-10H,8H2,1H3;2-8,19H,1H3;1-7,18-19H,8H2;1-8H;1-4H;1-4,8H;4*1H4/b16-10-;;;;;;;;;. The van der Waals surface area contributed by atoms with Crippen LogP contribution in [0.3, 0.4) is 0 Å². The molecule has 0 saturated heterocycles. The van der Waals surface area contributed by atoms with Gasteiger partial charge >= 0.3 is 11.9 Å². The summed E-state index contributed by atoms with van der Waals surface area (Å²) in [5.74, 6) is 1.41. The minimum Gasteiger partial charge on any atom is -0.506 e. The van der Waals surface area contributed by atoms with Crippen molar-refractivity contribution in [3.63, 3.8) is 0 Å². The molecule has 10 aromatic carbocycles. The number of ether oxygens (including phenoxy) is 5. The van der Waals surface area contributed by atoms with Gasteiger partial charge in [0.2, 0.25) is 0 Å². The highest BCUT2D eigenvalue weighted by Crippen LogP contribution is 2.39. The molecule has 0 saturated carbocycles. The highest BCUT2D eigenvalue weighted by atomic mass is 35.5. The van der Waals surface area contributed by atoms with E-state index in [0.717, 1.165) is 28.1 Å². The molecule has 12 rings (SSSR count). The number of fused-ring (bicyclic) bond motifs is 2. The van der Waals surface area contributed by atoms with E-state index in [2.05, 4.69) is 24.7 Å². The number of aromatic hydroxyl groups is 1. The maximum absolute atomic E-state index is 12.5. The van der Waals surface area contributed by atoms with Gasteiger partial charge in [-0.3, -0.25) is 9.59 Å². The van der Waals surface area contributed by atoms with Crippen molar-refractivity contribution < 1.29 is 57.5 Å². The van der Waals surface area contributed by atoms with Gasteiger partial charge in [-0.05, 0) is 156 Å². The van der Waals surface area contributed by atoms with Crippen molar-refractivity contribution in [1.29, 1.82) is 0 Å². The lowest BCUT2D eigenvalue weighted by Crippen LogP contribution is -2.02. The number of benzene rings is 10. The minimum atomic E-state index is -0.716. The van der Waals surface area contributed by atoms with Gasteiger partial charge in [0.25, 0.3) is 0 Å². The fourth-order valence-electron chi connectivity index (χ4n) is 8.70. The molecular weight excluding hydrogens is 1560 g/mol. The normalized spacial score (nSPS) is 10.0. The molecule has 2 aromatic heterocycles. The molecule has 548 valence electrons. The number of phenolic OH excluding ortho intramolecular Hbond substituents is 1. The number of rotatable bonds is 15. The third-order valence-electron chi connectivity index (χ3n) is 13.5. The second kappa shape index (κ2) is 45.1. The molecule has 0 aliphatic carbocycles. The van der Waals surface area contributed by atoms with Crippen molar-refractivity contribution in [3.05, 3.63) is 324 Å². The number of azide groups is 1. The van der Waals surface area contributed by atoms with E-state index in [1.807, 2.05) is 48.5 Å². The molecule has 2 heterocycles. The predicted molar refractivity (Wildman–Crippen MR) is 427 cm³/mol. The molecule has 0 bridgehead atoms. The first-order valence-corrected chi connectivity index (χ1v) is 32.9. The molecule has 105 heavy (non-hydrogen) atoms. The Bertz CT molecular complexity index is 4970. The Labute approximate surface area is 656 Å². The van der Waals surface area contributed by atoms with Gasteiger partial charge in [-0.25, -0.2) is 14.0 Å². The lowest BCUT2D eigenvalue weighted by Gasteiger charge is -2.09. The molecule has 0 radical (unpaired) electrons. The predicted octanol–water partition coefficient (Wildman–Crippen LogP) is 26.7. The number of para-hydroxylation sites is 4. The number of aliphatic hydroxyl groups is 1. The van der Waals surface area contributed by atoms with Crippen molar-refractivity contribution in [3.8, 4) is 40.2 Å². The van der Waals surface area contributed by atoms with E-state index < -0.39 is 17.8 Å². The third-order valence-corrected chi connectivity index (χ3v) is 16.2. The molecule has 16 nitrogen and oxygen atoms in total. The Hall–Kier alpha value is -9.40. The maximum atomic E-state index is 12.5. The number of esters is 2. The molecule has 0 spiro atoms. The van der Waals surface area contributed by atoms with Crippen LogP contribution in [-0.4, -0.2) is 58.9 Å². The summed E-state index contributed by atoms with van der Waals surface area (Å²) < 4.78 is 39.1. The quantitative estimate of drug-likeness (QED) is 0.0188. The van der Waals surface area contributed by atoms with Crippen LogP contribution < -0.4 is 14.2 Å². The lowest BCUT2D eigenvalue weighted by atomic mass is 9.99. The average molecular weight is 1620 g/mol. The van der Waals surface area contributed by atoms with E-state index in [9.17, 15) is 28.7 Å². The van der Waals surface area contributed by atoms with Gasteiger partial charge in [0.15, 0.2) is 12.6 Å². The van der Waals surface area contributed by atoms with E-state index in [1.165, 1.54) is 32.4 Å². The fourth-order valence-corrected chi connectivity index (χ4v) is 10.5. The molecule has 12 aromatic rings. The van der Waals surface area contributed by atoms with E-state index in [1.54, 1.807) is 146 Å². The number of halogens is 11. The molecular formula is C78H68Cl10FN5O11. The molecule has 0 fully saturated rings. The Kier molecular flexibility index (Phi) is 38.6. The summed E-state index contributed by atoms with van der Waals surface area (Å²) >= 11 is 59.4. The van der Waals surface area contributed by atoms with Gasteiger partial charge in [-0.15, -0.1) is 0 Å². The molecule has 0 atom stereocenters. The lowest BCUT2D eigenvalue weighted by molar-refractivity contribution is -0.136. The van der Waals surface area contributed by atoms with Crippen LogP contribution in [-0.2, 0) is 27.3 Å². The Balaban J connectivity index is 0.000000334. The largest absolute Gasteiger partial charge is 0.506 e. The monoisotopic (exact) mass is 1620 g/mol. The summed E-state index contributed by atoms with van der Waals surface area (Å²) in [7, 11) is 2.54. The van der Waals surface area contributed by atoms with Crippen LogP contribution in [0.5, 0.6) is 40.2 Å². The SMILES string of the molecule is C.C.C.C.COC(=O)/C(=C/c1ccc(Cl)cc1Cc1ccccc1Cl)N=[N+]=[N-].COC(=O)c1cc2c(Oc3ccccc3Cl)cc(Cl)cc2[nH]1.O=Cc1ccc(Cl)cc1F.O=Cc1ccc(Cl)cc1Oc1ccccc1Cl.OCc1cc2c(Oc3ccccc3Cl)cc(Cl)cc2[nH]1.Oc1ccccc1Cl. The first-order valence-electron chi connectivity index (χ1n) is 29.1. The summed E-state index contributed by atoms with van der Waals surface area (Å²) in [6.07, 6.45) is 3.14. The number of aldehydes is 2. The maximum Gasteiger partial charge on any atom is 0.354 e. The zero-order chi connectivity index (χ0) is 73.1. The summed E-state index contributed by atoms with van der Waals surface area (Å²) in [5.41, 5.74) is 13.9. The second-order valence-electron chi connectivity index (χ2n) is 20.3. The van der Waals surface area contributed by atoms with Crippen LogP contribution in [0.2, 0.25) is 50.2 Å². The van der Waals surface area contributed by atoms with Crippen LogP contribution >= 0.6 is 116 Å². The molecule has 0 aliphatic heterocycles. The number of nitrogens with one attached hydrogen (secondary N) is 2. The van der Waals surface area contributed by atoms with Gasteiger partial charge in [-0.2, -0.15) is 0 Å². The zero-order valence-corrected chi connectivity index (χ0v) is 60.0. The number of aromatic nitrogens is 2. The summed E-state index contributed by atoms with van der Waals surface area (Å²) in [6.45, 7) is -0.0716. The number of methoxy groups -OCH3 is 2. The Morgan fingerprint density at radius 1 is 0.476 bits per heavy atom. The van der Waals surface area contributed by atoms with Gasteiger partial charge in [0.05, 0.1) is 63.1 Å². The summed E-state index contributed by atoms with van der Waals surface area (Å²) in [5, 5.41) is 27.8. The van der Waals surface area contributed by atoms with Gasteiger partial charge < -0.3 is 43.9 Å². The van der Waals surface area contributed by atoms with Crippen LogP contribution in [0.1, 0.15) is 83.3 Å². The van der Waals surface area contributed by atoms with Crippen molar-refractivity contribution in [2.45, 2.75) is 42.7 Å². The van der Waals surface area contributed by atoms with E-state index in [0.29, 0.717) is 137 Å². The van der Waals surface area contributed by atoms with Crippen LogP contribution in [0, 0.1) is 5.82 Å². The molecule has 4 N–H and O–H groups in total. The van der Waals surface area contributed by atoms with E-state index >= 15 is 0 Å². The van der Waals surface area contributed by atoms with Gasteiger partial charge in [0, 0.05) is 69.7 Å². The summed E-state index contributed by atoms with van der Waals surface area (Å²) in [4.78, 5) is 52.9. The van der Waals surface area contributed by atoms with Crippen LogP contribution in [0.25, 0.3) is 38.3 Å². The van der Waals surface area contributed by atoms with Crippen molar-refractivity contribution in [2.24, 2.45) is 5.11 Å². The van der Waals surface area contributed by atoms with Crippen molar-refractivity contribution >= 4 is 168 Å². The number of carbonyl (C=O) groups excluding carboxylic acids is 4. The highest BCUT2D eigenvalue weighted by molar-refractivity contribution is 6.35. The van der Waals surface area contributed by atoms with Crippen molar-refractivity contribution in [1.82, 2.24) is 9.97 Å². The number of hydrogen-bond donors (Lipinski definition) is 4. The molecule has 0 amide bonds. The molecule has 0 unspecified atom stereocenters. The number of H-pyrrole nitrogens is 2. The number of aliphatic hydroxyl groups excluding tert-OH is 1. The Morgan fingerprint density at radius 2 is 0.914 bits per heavy atom. The minimum absolute atomic E-state index is 0. The van der Waals surface area contributed by atoms with Gasteiger partial charge in [-0.1, -0.05) is 224 Å². The zero-order valence-electron chi connectivity index (χ0n) is 52.4. The second-order valence-corrected chi connectivity index (χ2v) is 24.5.